The lowest BCUT2D eigenvalue weighted by Crippen LogP contribution is -2.41. The van der Waals surface area contributed by atoms with E-state index in [1.807, 2.05) is 12.1 Å². The molecule has 2 unspecified atom stereocenters. The van der Waals surface area contributed by atoms with Gasteiger partial charge in [0.2, 0.25) is 0 Å². The molecule has 1 aromatic rings. The summed E-state index contributed by atoms with van der Waals surface area (Å²) in [5.41, 5.74) is 1.22. The van der Waals surface area contributed by atoms with Crippen LogP contribution in [0.15, 0.2) is 24.3 Å². The standard InChI is InChI=1S/C17H27NO2/c1-4-10-18-17-14-7-5-6-8-15(14)20-12-16(17)19-11-9-13(2)3/h5-8,13,16-18H,4,9-12H2,1-3H3. The van der Waals surface area contributed by atoms with E-state index in [1.54, 1.807) is 0 Å². The van der Waals surface area contributed by atoms with Crippen LogP contribution in [0, 0.1) is 5.92 Å². The van der Waals surface area contributed by atoms with Crippen LogP contribution < -0.4 is 10.1 Å². The molecule has 2 rings (SSSR count). The lowest BCUT2D eigenvalue weighted by Gasteiger charge is -2.34. The largest absolute Gasteiger partial charge is 0.490 e. The number of rotatable bonds is 7. The summed E-state index contributed by atoms with van der Waals surface area (Å²) in [5, 5.41) is 3.61. The molecule has 3 heteroatoms. The van der Waals surface area contributed by atoms with Gasteiger partial charge in [-0.1, -0.05) is 39.0 Å². The molecule has 1 aliphatic rings. The van der Waals surface area contributed by atoms with Crippen molar-refractivity contribution in [2.45, 2.75) is 45.8 Å². The molecule has 0 saturated heterocycles. The topological polar surface area (TPSA) is 30.5 Å². The fourth-order valence-corrected chi connectivity index (χ4v) is 2.48. The number of hydrogen-bond acceptors (Lipinski definition) is 3. The highest BCUT2D eigenvalue weighted by atomic mass is 16.5. The van der Waals surface area contributed by atoms with Crippen molar-refractivity contribution >= 4 is 0 Å². The van der Waals surface area contributed by atoms with Crippen molar-refractivity contribution in [2.75, 3.05) is 19.8 Å². The molecule has 112 valence electrons. The Balaban J connectivity index is 2.04. The summed E-state index contributed by atoms with van der Waals surface area (Å²) in [7, 11) is 0. The van der Waals surface area contributed by atoms with Gasteiger partial charge in [-0.15, -0.1) is 0 Å². The predicted octanol–water partition coefficient (Wildman–Crippen LogP) is 3.55. The monoisotopic (exact) mass is 277 g/mol. The highest BCUT2D eigenvalue weighted by Gasteiger charge is 2.30. The second-order valence-electron chi connectivity index (χ2n) is 5.87. The summed E-state index contributed by atoms with van der Waals surface area (Å²) < 4.78 is 11.9. The van der Waals surface area contributed by atoms with E-state index in [1.165, 1.54) is 5.56 Å². The average Bonchev–Trinajstić information content (AvgIpc) is 2.45. The van der Waals surface area contributed by atoms with Crippen molar-refractivity contribution in [2.24, 2.45) is 5.92 Å². The van der Waals surface area contributed by atoms with Gasteiger partial charge in [-0.05, 0) is 31.4 Å². The van der Waals surface area contributed by atoms with E-state index >= 15 is 0 Å². The van der Waals surface area contributed by atoms with Gasteiger partial charge in [-0.25, -0.2) is 0 Å². The van der Waals surface area contributed by atoms with Gasteiger partial charge in [-0.3, -0.25) is 0 Å². The normalized spacial score (nSPS) is 21.6. The molecule has 0 fully saturated rings. The minimum Gasteiger partial charge on any atom is -0.490 e. The third kappa shape index (κ3) is 3.97. The molecule has 0 spiro atoms. The summed E-state index contributed by atoms with van der Waals surface area (Å²) in [6.07, 6.45) is 2.33. The minimum absolute atomic E-state index is 0.107. The SMILES string of the molecule is CCCNC1c2ccccc2OCC1OCCC(C)C. The second-order valence-corrected chi connectivity index (χ2v) is 5.87. The van der Waals surface area contributed by atoms with E-state index in [0.29, 0.717) is 12.5 Å². The fraction of sp³-hybridized carbons (Fsp3) is 0.647. The molecule has 0 aromatic heterocycles. The molecule has 1 N–H and O–H groups in total. The number of hydrogen-bond donors (Lipinski definition) is 1. The molecular weight excluding hydrogens is 250 g/mol. The zero-order valence-corrected chi connectivity index (χ0v) is 12.9. The smallest absolute Gasteiger partial charge is 0.124 e. The molecular formula is C17H27NO2. The molecule has 0 bridgehead atoms. The lowest BCUT2D eigenvalue weighted by molar-refractivity contribution is -0.0191. The second kappa shape index (κ2) is 7.65. The molecule has 0 radical (unpaired) electrons. The maximum atomic E-state index is 6.07. The van der Waals surface area contributed by atoms with Crippen LogP contribution in [0.1, 0.15) is 45.2 Å². The van der Waals surface area contributed by atoms with Crippen molar-refractivity contribution in [3.63, 3.8) is 0 Å². The molecule has 0 amide bonds. The van der Waals surface area contributed by atoms with E-state index in [-0.39, 0.29) is 12.1 Å². The first kappa shape index (κ1) is 15.3. The lowest BCUT2D eigenvalue weighted by atomic mass is 9.98. The molecule has 1 aromatic carbocycles. The summed E-state index contributed by atoms with van der Waals surface area (Å²) in [4.78, 5) is 0. The summed E-state index contributed by atoms with van der Waals surface area (Å²) in [6, 6.07) is 8.52. The van der Waals surface area contributed by atoms with Crippen molar-refractivity contribution in [3.05, 3.63) is 29.8 Å². The highest BCUT2D eigenvalue weighted by molar-refractivity contribution is 5.38. The third-order valence-corrected chi connectivity index (χ3v) is 3.67. The van der Waals surface area contributed by atoms with Crippen LogP contribution in [-0.2, 0) is 4.74 Å². The van der Waals surface area contributed by atoms with E-state index in [0.717, 1.165) is 31.7 Å². The van der Waals surface area contributed by atoms with Crippen molar-refractivity contribution < 1.29 is 9.47 Å². The van der Waals surface area contributed by atoms with Crippen molar-refractivity contribution in [1.29, 1.82) is 0 Å². The Morgan fingerprint density at radius 1 is 1.35 bits per heavy atom. The van der Waals surface area contributed by atoms with Crippen LogP contribution in [0.3, 0.4) is 0 Å². The fourth-order valence-electron chi connectivity index (χ4n) is 2.48. The van der Waals surface area contributed by atoms with Gasteiger partial charge in [-0.2, -0.15) is 0 Å². The summed E-state index contributed by atoms with van der Waals surface area (Å²) in [6.45, 7) is 9.08. The van der Waals surface area contributed by atoms with Gasteiger partial charge < -0.3 is 14.8 Å². The number of nitrogens with one attached hydrogen (secondary N) is 1. The zero-order chi connectivity index (χ0) is 14.4. The third-order valence-electron chi connectivity index (χ3n) is 3.67. The van der Waals surface area contributed by atoms with Crippen LogP contribution in [0.5, 0.6) is 5.75 Å². The van der Waals surface area contributed by atoms with Gasteiger partial charge in [0.05, 0.1) is 6.04 Å². The van der Waals surface area contributed by atoms with E-state index in [4.69, 9.17) is 9.47 Å². The molecule has 1 heterocycles. The van der Waals surface area contributed by atoms with Gasteiger partial charge in [0.1, 0.15) is 18.5 Å². The number of ether oxygens (including phenoxy) is 2. The molecule has 2 atom stereocenters. The summed E-state index contributed by atoms with van der Waals surface area (Å²) >= 11 is 0. The Morgan fingerprint density at radius 2 is 2.15 bits per heavy atom. The maximum Gasteiger partial charge on any atom is 0.124 e. The first-order chi connectivity index (χ1) is 9.72. The first-order valence-electron chi connectivity index (χ1n) is 7.79. The van der Waals surface area contributed by atoms with Gasteiger partial charge >= 0.3 is 0 Å². The highest BCUT2D eigenvalue weighted by Crippen LogP contribution is 2.33. The van der Waals surface area contributed by atoms with Crippen LogP contribution in [-0.4, -0.2) is 25.9 Å². The van der Waals surface area contributed by atoms with Gasteiger partial charge in [0, 0.05) is 12.2 Å². The zero-order valence-electron chi connectivity index (χ0n) is 12.9. The van der Waals surface area contributed by atoms with E-state index in [2.05, 4.69) is 38.2 Å². The Bertz CT molecular complexity index is 406. The van der Waals surface area contributed by atoms with Crippen LogP contribution >= 0.6 is 0 Å². The first-order valence-corrected chi connectivity index (χ1v) is 7.79. The number of benzene rings is 1. The predicted molar refractivity (Wildman–Crippen MR) is 82.2 cm³/mol. The van der Waals surface area contributed by atoms with Crippen molar-refractivity contribution in [1.82, 2.24) is 5.32 Å². The quantitative estimate of drug-likeness (QED) is 0.826. The molecule has 1 aliphatic heterocycles. The average molecular weight is 277 g/mol. The van der Waals surface area contributed by atoms with E-state index in [9.17, 15) is 0 Å². The van der Waals surface area contributed by atoms with E-state index < -0.39 is 0 Å². The number of fused-ring (bicyclic) bond motifs is 1. The Morgan fingerprint density at radius 3 is 2.90 bits per heavy atom. The maximum absolute atomic E-state index is 6.07. The Kier molecular flexibility index (Phi) is 5.86. The molecule has 0 saturated carbocycles. The Hall–Kier alpha value is -1.06. The number of para-hydroxylation sites is 1. The molecule has 20 heavy (non-hydrogen) atoms. The van der Waals surface area contributed by atoms with Gasteiger partial charge in [0.15, 0.2) is 0 Å². The van der Waals surface area contributed by atoms with Crippen LogP contribution in [0.4, 0.5) is 0 Å². The van der Waals surface area contributed by atoms with Crippen LogP contribution in [0.2, 0.25) is 0 Å². The molecule has 0 aliphatic carbocycles. The Labute approximate surface area is 122 Å². The molecule has 3 nitrogen and oxygen atoms in total. The van der Waals surface area contributed by atoms with Gasteiger partial charge in [0.25, 0.3) is 0 Å². The minimum atomic E-state index is 0.107. The van der Waals surface area contributed by atoms with Crippen molar-refractivity contribution in [3.8, 4) is 5.75 Å². The van der Waals surface area contributed by atoms with Crippen LogP contribution in [0.25, 0.3) is 0 Å². The summed E-state index contributed by atoms with van der Waals surface area (Å²) in [5.74, 6) is 1.67.